The number of hydrogen-bond donors (Lipinski definition) is 2. The number of carbonyl (C=O) groups is 2. The van der Waals surface area contributed by atoms with Gasteiger partial charge in [-0.2, -0.15) is 0 Å². The van der Waals surface area contributed by atoms with Crippen molar-refractivity contribution in [2.24, 2.45) is 5.73 Å². The molecule has 1 heterocycles. The standard InChI is InChI=1S/C17H24FN3O2/c1-16(2)9-11(19)10-17(3,4)21(16)15(23)14(22)20-13-8-6-5-7-12(13)18/h5-8,11H,9-10,19H2,1-4H3,(H,20,22). The quantitative estimate of drug-likeness (QED) is 0.779. The van der Waals surface area contributed by atoms with Gasteiger partial charge in [0.1, 0.15) is 5.82 Å². The summed E-state index contributed by atoms with van der Waals surface area (Å²) in [5, 5.41) is 2.36. The van der Waals surface area contributed by atoms with Crippen LogP contribution in [0.15, 0.2) is 24.3 Å². The molecule has 5 nitrogen and oxygen atoms in total. The zero-order chi connectivity index (χ0) is 17.4. The molecule has 1 aromatic rings. The average molecular weight is 321 g/mol. The number of carbonyl (C=O) groups excluding carboxylic acids is 2. The Morgan fingerprint density at radius 1 is 1.17 bits per heavy atom. The highest BCUT2D eigenvalue weighted by Gasteiger charge is 2.48. The summed E-state index contributed by atoms with van der Waals surface area (Å²) < 4.78 is 13.7. The fourth-order valence-corrected chi connectivity index (χ4v) is 3.75. The second-order valence-electron chi connectivity index (χ2n) is 7.37. The number of para-hydroxylation sites is 1. The molecule has 1 aliphatic rings. The third kappa shape index (κ3) is 3.52. The fourth-order valence-electron chi connectivity index (χ4n) is 3.75. The van der Waals surface area contributed by atoms with E-state index in [0.717, 1.165) is 0 Å². The minimum atomic E-state index is -0.841. The first-order valence-corrected chi connectivity index (χ1v) is 7.70. The van der Waals surface area contributed by atoms with Gasteiger partial charge in [0.25, 0.3) is 0 Å². The lowest BCUT2D eigenvalue weighted by atomic mass is 9.77. The normalized spacial score (nSPS) is 20.2. The topological polar surface area (TPSA) is 75.4 Å². The zero-order valence-electron chi connectivity index (χ0n) is 14.0. The molecule has 0 atom stereocenters. The summed E-state index contributed by atoms with van der Waals surface area (Å²) in [6, 6.07) is 5.73. The Morgan fingerprint density at radius 3 is 2.22 bits per heavy atom. The Labute approximate surface area is 136 Å². The van der Waals surface area contributed by atoms with E-state index in [1.165, 1.54) is 18.2 Å². The summed E-state index contributed by atoms with van der Waals surface area (Å²) in [5.74, 6) is -2.09. The first-order chi connectivity index (χ1) is 10.5. The van der Waals surface area contributed by atoms with Crippen molar-refractivity contribution >= 4 is 17.5 Å². The van der Waals surface area contributed by atoms with Crippen molar-refractivity contribution in [3.63, 3.8) is 0 Å². The van der Waals surface area contributed by atoms with Crippen LogP contribution in [0, 0.1) is 5.82 Å². The van der Waals surface area contributed by atoms with Gasteiger partial charge in [0.15, 0.2) is 0 Å². The Kier molecular flexibility index (Phi) is 4.48. The van der Waals surface area contributed by atoms with Gasteiger partial charge in [-0.1, -0.05) is 12.1 Å². The number of hydrogen-bond acceptors (Lipinski definition) is 3. The molecule has 1 fully saturated rings. The second kappa shape index (κ2) is 5.92. The predicted molar refractivity (Wildman–Crippen MR) is 87.2 cm³/mol. The van der Waals surface area contributed by atoms with Gasteiger partial charge in [-0.25, -0.2) is 4.39 Å². The van der Waals surface area contributed by atoms with Crippen molar-refractivity contribution in [3.8, 4) is 0 Å². The van der Waals surface area contributed by atoms with Gasteiger partial charge < -0.3 is 16.0 Å². The largest absolute Gasteiger partial charge is 0.328 e. The predicted octanol–water partition coefficient (Wildman–Crippen LogP) is 2.27. The maximum atomic E-state index is 13.7. The van der Waals surface area contributed by atoms with Crippen molar-refractivity contribution in [1.29, 1.82) is 0 Å². The molecule has 0 spiro atoms. The van der Waals surface area contributed by atoms with Crippen LogP contribution in [0.4, 0.5) is 10.1 Å². The van der Waals surface area contributed by atoms with E-state index >= 15 is 0 Å². The van der Waals surface area contributed by atoms with Crippen LogP contribution in [0.3, 0.4) is 0 Å². The van der Waals surface area contributed by atoms with Crippen molar-refractivity contribution in [3.05, 3.63) is 30.1 Å². The third-order valence-corrected chi connectivity index (χ3v) is 4.25. The number of amides is 2. The van der Waals surface area contributed by atoms with E-state index < -0.39 is 28.7 Å². The SMILES string of the molecule is CC1(C)CC(N)CC(C)(C)N1C(=O)C(=O)Nc1ccccc1F. The van der Waals surface area contributed by atoms with Crippen LogP contribution in [-0.2, 0) is 9.59 Å². The molecule has 1 saturated heterocycles. The highest BCUT2D eigenvalue weighted by molar-refractivity contribution is 6.39. The Morgan fingerprint density at radius 2 is 1.70 bits per heavy atom. The van der Waals surface area contributed by atoms with Crippen molar-refractivity contribution in [1.82, 2.24) is 4.90 Å². The van der Waals surface area contributed by atoms with Crippen LogP contribution in [0.25, 0.3) is 0 Å². The van der Waals surface area contributed by atoms with Crippen molar-refractivity contribution in [2.45, 2.75) is 57.7 Å². The van der Waals surface area contributed by atoms with Crippen molar-refractivity contribution < 1.29 is 14.0 Å². The monoisotopic (exact) mass is 321 g/mol. The number of nitrogens with two attached hydrogens (primary N) is 1. The summed E-state index contributed by atoms with van der Waals surface area (Å²) in [4.78, 5) is 26.6. The maximum absolute atomic E-state index is 13.7. The molecule has 6 heteroatoms. The molecular formula is C17H24FN3O2. The molecule has 0 aliphatic carbocycles. The molecule has 126 valence electrons. The molecule has 0 unspecified atom stereocenters. The molecule has 0 aromatic heterocycles. The molecule has 0 saturated carbocycles. The van der Waals surface area contributed by atoms with Crippen LogP contribution in [0.5, 0.6) is 0 Å². The maximum Gasteiger partial charge on any atom is 0.314 e. The van der Waals surface area contributed by atoms with Crippen LogP contribution >= 0.6 is 0 Å². The minimum absolute atomic E-state index is 0.00447. The number of rotatable bonds is 1. The second-order valence-corrected chi connectivity index (χ2v) is 7.37. The summed E-state index contributed by atoms with van der Waals surface area (Å²) in [6.45, 7) is 7.56. The molecule has 2 rings (SSSR count). The number of piperidine rings is 1. The van der Waals surface area contributed by atoms with Gasteiger partial charge in [-0.3, -0.25) is 9.59 Å². The lowest BCUT2D eigenvalue weighted by Crippen LogP contribution is -2.66. The molecule has 1 aromatic carbocycles. The highest BCUT2D eigenvalue weighted by Crippen LogP contribution is 2.37. The lowest BCUT2D eigenvalue weighted by molar-refractivity contribution is -0.156. The number of nitrogens with one attached hydrogen (secondary N) is 1. The van der Waals surface area contributed by atoms with E-state index in [9.17, 15) is 14.0 Å². The van der Waals surface area contributed by atoms with Gasteiger partial charge in [0.05, 0.1) is 5.69 Å². The number of benzene rings is 1. The molecule has 2 amide bonds. The Balaban J connectivity index is 2.24. The molecule has 23 heavy (non-hydrogen) atoms. The summed E-state index contributed by atoms with van der Waals surface area (Å²) >= 11 is 0. The molecule has 0 radical (unpaired) electrons. The van der Waals surface area contributed by atoms with Gasteiger partial charge >= 0.3 is 11.8 Å². The third-order valence-electron chi connectivity index (χ3n) is 4.25. The van der Waals surface area contributed by atoms with E-state index in [0.29, 0.717) is 12.8 Å². The van der Waals surface area contributed by atoms with Gasteiger partial charge in [-0.05, 0) is 52.7 Å². The van der Waals surface area contributed by atoms with Crippen LogP contribution < -0.4 is 11.1 Å². The number of halogens is 1. The molecular weight excluding hydrogens is 297 g/mol. The minimum Gasteiger partial charge on any atom is -0.328 e. The number of likely N-dealkylation sites (tertiary alicyclic amines) is 1. The smallest absolute Gasteiger partial charge is 0.314 e. The fraction of sp³-hybridized carbons (Fsp3) is 0.529. The number of anilines is 1. The molecule has 0 bridgehead atoms. The first kappa shape index (κ1) is 17.4. The van der Waals surface area contributed by atoms with Crippen molar-refractivity contribution in [2.75, 3.05) is 5.32 Å². The molecule has 1 aliphatic heterocycles. The first-order valence-electron chi connectivity index (χ1n) is 7.70. The average Bonchev–Trinajstić information content (AvgIpc) is 2.37. The zero-order valence-corrected chi connectivity index (χ0v) is 14.0. The van der Waals surface area contributed by atoms with E-state index in [2.05, 4.69) is 5.32 Å². The van der Waals surface area contributed by atoms with Crippen LogP contribution in [0.2, 0.25) is 0 Å². The van der Waals surface area contributed by atoms with Gasteiger partial charge in [0.2, 0.25) is 0 Å². The Bertz CT molecular complexity index is 610. The van der Waals surface area contributed by atoms with E-state index in [1.807, 2.05) is 27.7 Å². The Hall–Kier alpha value is -1.95. The van der Waals surface area contributed by atoms with Crippen LogP contribution in [0.1, 0.15) is 40.5 Å². The lowest BCUT2D eigenvalue weighted by Gasteiger charge is -2.54. The van der Waals surface area contributed by atoms with Crippen LogP contribution in [-0.4, -0.2) is 33.8 Å². The highest BCUT2D eigenvalue weighted by atomic mass is 19.1. The summed E-state index contributed by atoms with van der Waals surface area (Å²) in [5.41, 5.74) is 4.97. The number of nitrogens with zero attached hydrogens (tertiary/aromatic N) is 1. The van der Waals surface area contributed by atoms with Gasteiger partial charge in [0, 0.05) is 17.1 Å². The summed E-state index contributed by atoms with van der Waals surface area (Å²) in [6.07, 6.45) is 1.21. The van der Waals surface area contributed by atoms with E-state index in [-0.39, 0.29) is 11.7 Å². The van der Waals surface area contributed by atoms with E-state index in [1.54, 1.807) is 11.0 Å². The molecule has 3 N–H and O–H groups in total. The summed E-state index contributed by atoms with van der Waals surface area (Å²) in [7, 11) is 0. The van der Waals surface area contributed by atoms with E-state index in [4.69, 9.17) is 5.73 Å². The van der Waals surface area contributed by atoms with Gasteiger partial charge in [-0.15, -0.1) is 0 Å².